The molecule has 0 saturated heterocycles. The summed E-state index contributed by atoms with van der Waals surface area (Å²) in [5.74, 6) is -0.290. The van der Waals surface area contributed by atoms with Crippen LogP contribution in [0, 0.1) is 0 Å². The van der Waals surface area contributed by atoms with Gasteiger partial charge >= 0.3 is 0 Å². The van der Waals surface area contributed by atoms with Gasteiger partial charge in [-0.05, 0) is 19.1 Å². The summed E-state index contributed by atoms with van der Waals surface area (Å²) in [5.41, 5.74) is 2.50. The molecule has 0 aliphatic heterocycles. The Balaban J connectivity index is 2.01. The highest BCUT2D eigenvalue weighted by Crippen LogP contribution is 2.31. The van der Waals surface area contributed by atoms with Gasteiger partial charge in [0.25, 0.3) is 0 Å². The maximum absolute atomic E-state index is 11.9. The molecule has 4 heteroatoms. The van der Waals surface area contributed by atoms with E-state index in [4.69, 9.17) is 4.74 Å². The van der Waals surface area contributed by atoms with Gasteiger partial charge in [0.05, 0.1) is 18.0 Å². The Kier molecular flexibility index (Phi) is 3.74. The van der Waals surface area contributed by atoms with Crippen molar-refractivity contribution in [3.8, 4) is 5.75 Å². The van der Waals surface area contributed by atoms with E-state index in [0.29, 0.717) is 23.6 Å². The molecule has 0 spiro atoms. The number of nitrogens with one attached hydrogen (secondary N) is 1. The van der Waals surface area contributed by atoms with Gasteiger partial charge in [0, 0.05) is 17.2 Å². The molecule has 4 nitrogen and oxygen atoms in total. The minimum Gasteiger partial charge on any atom is -0.492 e. The molecule has 0 atom stereocenters. The van der Waals surface area contributed by atoms with Crippen molar-refractivity contribution in [2.24, 2.45) is 0 Å². The number of ketones is 2. The molecular formula is C18H15NO3. The van der Waals surface area contributed by atoms with Gasteiger partial charge in [-0.25, -0.2) is 0 Å². The number of ether oxygens (including phenoxy) is 1. The lowest BCUT2D eigenvalue weighted by molar-refractivity contribution is -0.111. The Hall–Kier alpha value is -2.88. The first kappa shape index (κ1) is 14.1. The molecule has 110 valence electrons. The lowest BCUT2D eigenvalue weighted by atomic mass is 9.92. The largest absolute Gasteiger partial charge is 0.492 e. The van der Waals surface area contributed by atoms with Gasteiger partial charge in [-0.15, -0.1) is 0 Å². The van der Waals surface area contributed by atoms with E-state index in [1.807, 2.05) is 43.3 Å². The van der Waals surface area contributed by atoms with Gasteiger partial charge in [0.15, 0.2) is 0 Å². The summed E-state index contributed by atoms with van der Waals surface area (Å²) in [5, 5.41) is 3.20. The van der Waals surface area contributed by atoms with Crippen LogP contribution in [0.1, 0.15) is 22.8 Å². The van der Waals surface area contributed by atoms with Gasteiger partial charge in [-0.3, -0.25) is 9.59 Å². The first-order chi connectivity index (χ1) is 10.7. The Bertz CT molecular complexity index is 777. The Morgan fingerprint density at radius 3 is 2.41 bits per heavy atom. The molecular weight excluding hydrogens is 278 g/mol. The second-order valence-corrected chi connectivity index (χ2v) is 4.85. The highest BCUT2D eigenvalue weighted by Gasteiger charge is 2.25. The number of rotatable bonds is 4. The summed E-state index contributed by atoms with van der Waals surface area (Å²) in [4.78, 5) is 23.8. The number of carbonyl (C=O) groups is 2. The van der Waals surface area contributed by atoms with Crippen molar-refractivity contribution < 1.29 is 14.3 Å². The van der Waals surface area contributed by atoms with E-state index in [1.165, 1.54) is 6.08 Å². The van der Waals surface area contributed by atoms with E-state index >= 15 is 0 Å². The van der Waals surface area contributed by atoms with Crippen LogP contribution in [0.15, 0.2) is 54.6 Å². The maximum Gasteiger partial charge on any atom is 0.233 e. The second kappa shape index (κ2) is 5.85. The van der Waals surface area contributed by atoms with Crippen molar-refractivity contribution in [3.63, 3.8) is 0 Å². The predicted octanol–water partition coefficient (Wildman–Crippen LogP) is 3.30. The third-order valence-electron chi connectivity index (χ3n) is 3.42. The molecule has 22 heavy (non-hydrogen) atoms. The molecule has 0 heterocycles. The number of para-hydroxylation sites is 2. The Morgan fingerprint density at radius 2 is 1.64 bits per heavy atom. The van der Waals surface area contributed by atoms with E-state index in [9.17, 15) is 9.59 Å². The zero-order chi connectivity index (χ0) is 15.5. The van der Waals surface area contributed by atoms with Crippen molar-refractivity contribution in [2.75, 3.05) is 11.9 Å². The number of allylic oxidation sites excluding steroid dienone is 1. The average Bonchev–Trinajstić information content (AvgIpc) is 2.54. The van der Waals surface area contributed by atoms with Crippen LogP contribution in [-0.4, -0.2) is 18.2 Å². The Morgan fingerprint density at radius 1 is 0.955 bits per heavy atom. The minimum absolute atomic E-state index is 0.423. The molecule has 0 fully saturated rings. The number of hydrogen-bond acceptors (Lipinski definition) is 4. The fraction of sp³-hybridized carbons (Fsp3) is 0.111. The van der Waals surface area contributed by atoms with Crippen LogP contribution in [0.5, 0.6) is 5.75 Å². The monoisotopic (exact) mass is 293 g/mol. The van der Waals surface area contributed by atoms with Crippen LogP contribution in [0.2, 0.25) is 0 Å². The van der Waals surface area contributed by atoms with Gasteiger partial charge in [-0.2, -0.15) is 0 Å². The zero-order valence-electron chi connectivity index (χ0n) is 12.1. The number of benzene rings is 2. The van der Waals surface area contributed by atoms with E-state index in [2.05, 4.69) is 5.32 Å². The van der Waals surface area contributed by atoms with Crippen LogP contribution in [0.4, 0.5) is 5.69 Å². The molecule has 0 saturated carbocycles. The quantitative estimate of drug-likeness (QED) is 0.879. The molecule has 2 aromatic rings. The number of hydrogen-bond donors (Lipinski definition) is 1. The number of anilines is 1. The molecule has 3 rings (SSSR count). The smallest absolute Gasteiger partial charge is 0.233 e. The van der Waals surface area contributed by atoms with Crippen LogP contribution >= 0.6 is 0 Å². The van der Waals surface area contributed by atoms with Gasteiger partial charge in [0.1, 0.15) is 5.75 Å². The number of carbonyl (C=O) groups excluding carboxylic acids is 2. The molecule has 2 aromatic carbocycles. The minimum atomic E-state index is -0.518. The van der Waals surface area contributed by atoms with E-state index in [-0.39, 0.29) is 0 Å². The second-order valence-electron chi connectivity index (χ2n) is 4.85. The van der Waals surface area contributed by atoms with Gasteiger partial charge in [0.2, 0.25) is 11.6 Å². The summed E-state index contributed by atoms with van der Waals surface area (Å²) in [6, 6.07) is 14.6. The van der Waals surface area contributed by atoms with Crippen LogP contribution in [0.25, 0.3) is 5.70 Å². The standard InChI is InChI=1S/C18H15NO3/c1-2-22-17-10-6-5-9-14(17)19-15-11-16(20)18(21)13-8-4-3-7-12(13)15/h3-11,19H,2H2,1H3. The molecule has 0 bridgehead atoms. The predicted molar refractivity (Wildman–Crippen MR) is 85.0 cm³/mol. The molecule has 1 aliphatic rings. The lowest BCUT2D eigenvalue weighted by Crippen LogP contribution is -2.21. The van der Waals surface area contributed by atoms with E-state index in [0.717, 1.165) is 11.3 Å². The van der Waals surface area contributed by atoms with E-state index < -0.39 is 11.6 Å². The topological polar surface area (TPSA) is 55.4 Å². The van der Waals surface area contributed by atoms with Crippen molar-refractivity contribution in [1.82, 2.24) is 0 Å². The normalized spacial score (nSPS) is 13.4. The van der Waals surface area contributed by atoms with Crippen molar-refractivity contribution in [3.05, 3.63) is 65.7 Å². The van der Waals surface area contributed by atoms with Gasteiger partial charge in [-0.1, -0.05) is 36.4 Å². The summed E-state index contributed by atoms with van der Waals surface area (Å²) < 4.78 is 5.57. The third-order valence-corrected chi connectivity index (χ3v) is 3.42. The molecule has 0 unspecified atom stereocenters. The molecule has 0 amide bonds. The van der Waals surface area contributed by atoms with Crippen molar-refractivity contribution in [1.29, 1.82) is 0 Å². The first-order valence-corrected chi connectivity index (χ1v) is 7.09. The summed E-state index contributed by atoms with van der Waals surface area (Å²) in [6.07, 6.45) is 1.34. The molecule has 0 aromatic heterocycles. The fourth-order valence-electron chi connectivity index (χ4n) is 2.42. The highest BCUT2D eigenvalue weighted by atomic mass is 16.5. The average molecular weight is 293 g/mol. The van der Waals surface area contributed by atoms with Crippen LogP contribution < -0.4 is 10.1 Å². The fourth-order valence-corrected chi connectivity index (χ4v) is 2.42. The summed E-state index contributed by atoms with van der Waals surface area (Å²) in [6.45, 7) is 2.46. The SMILES string of the molecule is CCOc1ccccc1NC1=CC(=O)C(=O)c2ccccc21. The van der Waals surface area contributed by atoms with Crippen molar-refractivity contribution in [2.45, 2.75) is 6.92 Å². The van der Waals surface area contributed by atoms with Gasteiger partial charge < -0.3 is 10.1 Å². The van der Waals surface area contributed by atoms with E-state index in [1.54, 1.807) is 12.1 Å². The van der Waals surface area contributed by atoms with Crippen LogP contribution in [0.3, 0.4) is 0 Å². The maximum atomic E-state index is 11.9. The molecule has 0 radical (unpaired) electrons. The highest BCUT2D eigenvalue weighted by molar-refractivity contribution is 6.50. The Labute approximate surface area is 128 Å². The zero-order valence-corrected chi connectivity index (χ0v) is 12.1. The lowest BCUT2D eigenvalue weighted by Gasteiger charge is -2.19. The number of fused-ring (bicyclic) bond motifs is 1. The molecule has 1 N–H and O–H groups in total. The van der Waals surface area contributed by atoms with Crippen LogP contribution in [-0.2, 0) is 4.79 Å². The molecule has 1 aliphatic carbocycles. The first-order valence-electron chi connectivity index (χ1n) is 7.09. The summed E-state index contributed by atoms with van der Waals surface area (Å²) >= 11 is 0. The third kappa shape index (κ3) is 2.51. The van der Waals surface area contributed by atoms with Crippen molar-refractivity contribution >= 4 is 23.0 Å². The summed E-state index contributed by atoms with van der Waals surface area (Å²) in [7, 11) is 0. The number of Topliss-reactive ketones (excluding diaryl/α,β-unsaturated/α-hetero) is 1.